The molecule has 1 N–H and O–H groups in total. The monoisotopic (exact) mass is 91.0 g/mol. The van der Waals surface area contributed by atoms with Gasteiger partial charge in [-0.05, 0) is 0 Å². The highest BCUT2D eigenvalue weighted by atomic mass is 32.2. The fourth-order valence-corrected chi connectivity index (χ4v) is 0.144. The minimum absolute atomic E-state index is 0.644. The van der Waals surface area contributed by atoms with Crippen LogP contribution in [-0.2, 0) is 4.79 Å². The summed E-state index contributed by atoms with van der Waals surface area (Å²) >= 11 is 1.28. The second kappa shape index (κ2) is 3.82. The second-order valence-electron chi connectivity index (χ2n) is 0.440. The smallest absolute Gasteiger partial charge is 0.216 e. The lowest BCUT2D eigenvalue weighted by atomic mass is 11.5. The Labute approximate surface area is 35.1 Å². The quantitative estimate of drug-likeness (QED) is 0.383. The minimum atomic E-state index is 0.644. The van der Waals surface area contributed by atoms with E-state index in [0.29, 0.717) is 6.41 Å². The molecule has 3 heteroatoms. The molecule has 0 aromatic rings. The maximum atomic E-state index is 9.27. The standard InChI is InChI=1S/C2H5NOS/c1-5-3-2-4/h2H,1H3,(H,3,4). The highest BCUT2D eigenvalue weighted by Crippen LogP contribution is 1.71. The zero-order valence-electron chi connectivity index (χ0n) is 2.89. The van der Waals surface area contributed by atoms with Crippen molar-refractivity contribution in [1.82, 2.24) is 4.72 Å². The van der Waals surface area contributed by atoms with Gasteiger partial charge in [0.25, 0.3) is 0 Å². The first kappa shape index (κ1) is 4.82. The van der Waals surface area contributed by atoms with Crippen molar-refractivity contribution in [1.29, 1.82) is 0 Å². The average Bonchev–Trinajstić information content (AvgIpc) is 1.41. The zero-order chi connectivity index (χ0) is 4.12. The molecule has 0 radical (unpaired) electrons. The van der Waals surface area contributed by atoms with Crippen molar-refractivity contribution in [2.45, 2.75) is 0 Å². The Bertz CT molecular complexity index is 30.8. The van der Waals surface area contributed by atoms with Crippen LogP contribution in [0.1, 0.15) is 0 Å². The number of amides is 1. The van der Waals surface area contributed by atoms with Crippen LogP contribution in [0.4, 0.5) is 0 Å². The van der Waals surface area contributed by atoms with Crippen LogP contribution in [0.2, 0.25) is 0 Å². The molecule has 0 unspecified atom stereocenters. The van der Waals surface area contributed by atoms with E-state index < -0.39 is 0 Å². The van der Waals surface area contributed by atoms with E-state index in [2.05, 4.69) is 4.72 Å². The summed E-state index contributed by atoms with van der Waals surface area (Å²) in [6.45, 7) is 0. The average molecular weight is 91.1 g/mol. The molecule has 0 aliphatic carbocycles. The highest BCUT2D eigenvalue weighted by molar-refractivity contribution is 7.97. The van der Waals surface area contributed by atoms with Crippen LogP contribution in [0.5, 0.6) is 0 Å². The van der Waals surface area contributed by atoms with E-state index in [1.807, 2.05) is 0 Å². The fraction of sp³-hybridized carbons (Fsp3) is 0.500. The molecule has 0 saturated heterocycles. The van der Waals surface area contributed by atoms with E-state index in [1.165, 1.54) is 11.9 Å². The second-order valence-corrected chi connectivity index (χ2v) is 1.08. The van der Waals surface area contributed by atoms with Gasteiger partial charge in [0.15, 0.2) is 0 Å². The number of nitrogens with one attached hydrogen (secondary N) is 1. The Morgan fingerprint density at radius 3 is 2.60 bits per heavy atom. The minimum Gasteiger partial charge on any atom is -0.303 e. The fourth-order valence-electron chi connectivity index (χ4n) is 0.0481. The SMILES string of the molecule is CSNC=O. The summed E-state index contributed by atoms with van der Waals surface area (Å²) < 4.78 is 2.35. The van der Waals surface area contributed by atoms with Crippen LogP contribution in [0.3, 0.4) is 0 Å². The topological polar surface area (TPSA) is 29.1 Å². The van der Waals surface area contributed by atoms with Gasteiger partial charge < -0.3 is 4.72 Å². The third-order valence-corrected chi connectivity index (χ3v) is 0.498. The van der Waals surface area contributed by atoms with Crippen molar-refractivity contribution in [2.75, 3.05) is 6.26 Å². The Kier molecular flexibility index (Phi) is 3.68. The van der Waals surface area contributed by atoms with E-state index in [9.17, 15) is 4.79 Å². The van der Waals surface area contributed by atoms with Crippen LogP contribution in [0.15, 0.2) is 0 Å². The Morgan fingerprint density at radius 2 is 2.60 bits per heavy atom. The first-order valence-corrected chi connectivity index (χ1v) is 2.36. The lowest BCUT2D eigenvalue weighted by Gasteiger charge is -1.77. The molecule has 0 fully saturated rings. The van der Waals surface area contributed by atoms with Gasteiger partial charge in [-0.25, -0.2) is 0 Å². The molecule has 5 heavy (non-hydrogen) atoms. The van der Waals surface area contributed by atoms with Gasteiger partial charge in [0, 0.05) is 6.26 Å². The van der Waals surface area contributed by atoms with Crippen LogP contribution in [0.25, 0.3) is 0 Å². The van der Waals surface area contributed by atoms with Gasteiger partial charge in [-0.2, -0.15) is 0 Å². The van der Waals surface area contributed by atoms with E-state index >= 15 is 0 Å². The number of carbonyl (C=O) groups excluding carboxylic acids is 1. The maximum absolute atomic E-state index is 9.27. The summed E-state index contributed by atoms with van der Waals surface area (Å²) in [4.78, 5) is 9.27. The van der Waals surface area contributed by atoms with Gasteiger partial charge in [-0.3, -0.25) is 4.79 Å². The van der Waals surface area contributed by atoms with Gasteiger partial charge in [-0.1, -0.05) is 11.9 Å². The van der Waals surface area contributed by atoms with E-state index in [-0.39, 0.29) is 0 Å². The predicted octanol–water partition coefficient (Wildman–Crippen LogP) is 0.0104. The Balaban J connectivity index is 2.40. The summed E-state index contributed by atoms with van der Waals surface area (Å²) in [5, 5.41) is 0. The van der Waals surface area contributed by atoms with Gasteiger partial charge in [-0.15, -0.1) is 0 Å². The van der Waals surface area contributed by atoms with Crippen molar-refractivity contribution in [3.63, 3.8) is 0 Å². The maximum Gasteiger partial charge on any atom is 0.216 e. The molecular formula is C2H5NOS. The largest absolute Gasteiger partial charge is 0.303 e. The molecule has 0 aromatic carbocycles. The molecular weight excluding hydrogens is 86.1 g/mol. The summed E-state index contributed by atoms with van der Waals surface area (Å²) in [6.07, 6.45) is 2.43. The Morgan fingerprint density at radius 1 is 2.00 bits per heavy atom. The predicted molar refractivity (Wildman–Crippen MR) is 22.7 cm³/mol. The molecule has 0 saturated carbocycles. The van der Waals surface area contributed by atoms with Crippen LogP contribution < -0.4 is 4.72 Å². The van der Waals surface area contributed by atoms with Gasteiger partial charge in [0.2, 0.25) is 6.41 Å². The van der Waals surface area contributed by atoms with Crippen molar-refractivity contribution >= 4 is 18.4 Å². The molecule has 0 aromatic heterocycles. The van der Waals surface area contributed by atoms with Crippen LogP contribution >= 0.6 is 11.9 Å². The lowest BCUT2D eigenvalue weighted by molar-refractivity contribution is -0.107. The number of carbonyl (C=O) groups is 1. The normalized spacial score (nSPS) is 6.60. The van der Waals surface area contributed by atoms with Gasteiger partial charge >= 0.3 is 0 Å². The zero-order valence-corrected chi connectivity index (χ0v) is 3.71. The molecule has 30 valence electrons. The van der Waals surface area contributed by atoms with E-state index in [4.69, 9.17) is 0 Å². The summed E-state index contributed by atoms with van der Waals surface area (Å²) in [5.41, 5.74) is 0. The molecule has 2 nitrogen and oxygen atoms in total. The van der Waals surface area contributed by atoms with Crippen molar-refractivity contribution in [2.24, 2.45) is 0 Å². The third-order valence-electron chi connectivity index (χ3n) is 0.166. The molecule has 0 aliphatic heterocycles. The molecule has 0 rings (SSSR count). The van der Waals surface area contributed by atoms with Gasteiger partial charge in [0.1, 0.15) is 0 Å². The summed E-state index contributed by atoms with van der Waals surface area (Å²) in [5.74, 6) is 0. The third kappa shape index (κ3) is 3.82. The highest BCUT2D eigenvalue weighted by Gasteiger charge is 1.59. The first-order chi connectivity index (χ1) is 2.41. The van der Waals surface area contributed by atoms with Crippen LogP contribution in [0, 0.1) is 0 Å². The van der Waals surface area contributed by atoms with E-state index in [1.54, 1.807) is 6.26 Å². The number of hydrogen-bond donors (Lipinski definition) is 1. The molecule has 0 heterocycles. The lowest BCUT2D eigenvalue weighted by Crippen LogP contribution is -1.93. The van der Waals surface area contributed by atoms with E-state index in [0.717, 1.165) is 0 Å². The van der Waals surface area contributed by atoms with Crippen molar-refractivity contribution in [3.05, 3.63) is 0 Å². The molecule has 0 bridgehead atoms. The first-order valence-electron chi connectivity index (χ1n) is 1.14. The molecule has 0 aliphatic rings. The van der Waals surface area contributed by atoms with Crippen molar-refractivity contribution in [3.8, 4) is 0 Å². The Hall–Kier alpha value is -0.180. The summed E-state index contributed by atoms with van der Waals surface area (Å²) in [6, 6.07) is 0. The van der Waals surface area contributed by atoms with Gasteiger partial charge in [0.05, 0.1) is 0 Å². The molecule has 1 amide bonds. The molecule has 0 spiro atoms. The number of hydrogen-bond acceptors (Lipinski definition) is 2. The summed E-state index contributed by atoms with van der Waals surface area (Å²) in [7, 11) is 0. The number of rotatable bonds is 2. The molecule has 0 atom stereocenters. The van der Waals surface area contributed by atoms with Crippen molar-refractivity contribution < 1.29 is 4.79 Å². The van der Waals surface area contributed by atoms with Crippen LogP contribution in [-0.4, -0.2) is 12.7 Å².